The fourth-order valence-electron chi connectivity index (χ4n) is 9.67. The van der Waals surface area contributed by atoms with E-state index in [2.05, 4.69) is 48.5 Å². The van der Waals surface area contributed by atoms with E-state index < -0.39 is 0 Å². The number of fused-ring (bicyclic) bond motifs is 5. The van der Waals surface area contributed by atoms with Gasteiger partial charge in [-0.25, -0.2) is 0 Å². The van der Waals surface area contributed by atoms with E-state index in [1.807, 2.05) is 0 Å². The van der Waals surface area contributed by atoms with E-state index in [0.29, 0.717) is 40.4 Å². The normalized spacial score (nSPS) is 51.7. The number of hydrogen-bond acceptors (Lipinski definition) is 2. The smallest absolute Gasteiger partial charge is 0.0577 e. The molecule has 0 aromatic carbocycles. The molecule has 0 spiro atoms. The van der Waals surface area contributed by atoms with Gasteiger partial charge >= 0.3 is 0 Å². The quantitative estimate of drug-likeness (QED) is 0.494. The Labute approximate surface area is 193 Å². The summed E-state index contributed by atoms with van der Waals surface area (Å²) >= 11 is 0. The van der Waals surface area contributed by atoms with Crippen LogP contribution in [0.25, 0.3) is 0 Å². The zero-order valence-corrected chi connectivity index (χ0v) is 21.6. The number of aliphatic hydroxyl groups excluding tert-OH is 2. The van der Waals surface area contributed by atoms with Crippen LogP contribution in [0.3, 0.4) is 0 Å². The molecular formula is C29H52O2. The summed E-state index contributed by atoms with van der Waals surface area (Å²) < 4.78 is 0. The summed E-state index contributed by atoms with van der Waals surface area (Å²) in [7, 11) is 0. The first-order valence-electron chi connectivity index (χ1n) is 13.9. The lowest BCUT2D eigenvalue weighted by atomic mass is 9.42. The predicted octanol–water partition coefficient (Wildman–Crippen LogP) is 6.93. The van der Waals surface area contributed by atoms with Gasteiger partial charge in [-0.1, -0.05) is 61.3 Å². The summed E-state index contributed by atoms with van der Waals surface area (Å²) in [6.45, 7) is 17.1. The molecule has 0 radical (unpaired) electrons. The first-order valence-corrected chi connectivity index (χ1v) is 13.9. The minimum Gasteiger partial charge on any atom is -0.393 e. The molecule has 4 saturated carbocycles. The van der Waals surface area contributed by atoms with Crippen LogP contribution in [0.4, 0.5) is 0 Å². The summed E-state index contributed by atoms with van der Waals surface area (Å²) in [6, 6.07) is 0. The zero-order valence-electron chi connectivity index (χ0n) is 21.6. The Balaban J connectivity index is 1.52. The van der Waals surface area contributed by atoms with Crippen molar-refractivity contribution in [1.82, 2.24) is 0 Å². The minimum atomic E-state index is -0.166. The third-order valence-electron chi connectivity index (χ3n) is 12.2. The minimum absolute atomic E-state index is 0.157. The van der Waals surface area contributed by atoms with Crippen LogP contribution >= 0.6 is 0 Å². The Bertz CT molecular complexity index is 630. The molecule has 31 heavy (non-hydrogen) atoms. The number of rotatable bonds is 5. The molecule has 2 N–H and O–H groups in total. The molecule has 0 aliphatic heterocycles. The molecule has 0 heterocycles. The maximum atomic E-state index is 11.5. The second-order valence-corrected chi connectivity index (χ2v) is 13.7. The Morgan fingerprint density at radius 2 is 1.42 bits per heavy atom. The summed E-state index contributed by atoms with van der Waals surface area (Å²) in [5.41, 5.74) is 0.742. The third-order valence-corrected chi connectivity index (χ3v) is 12.2. The van der Waals surface area contributed by atoms with E-state index in [0.717, 1.165) is 42.9 Å². The van der Waals surface area contributed by atoms with Gasteiger partial charge < -0.3 is 10.2 Å². The van der Waals surface area contributed by atoms with Gasteiger partial charge in [-0.2, -0.15) is 0 Å². The van der Waals surface area contributed by atoms with Crippen molar-refractivity contribution in [3.8, 4) is 0 Å². The lowest BCUT2D eigenvalue weighted by Gasteiger charge is -2.63. The van der Waals surface area contributed by atoms with Crippen molar-refractivity contribution in [2.45, 2.75) is 118 Å². The van der Waals surface area contributed by atoms with E-state index in [-0.39, 0.29) is 12.2 Å². The van der Waals surface area contributed by atoms with Crippen molar-refractivity contribution in [3.05, 3.63) is 0 Å². The van der Waals surface area contributed by atoms with Crippen molar-refractivity contribution in [1.29, 1.82) is 0 Å². The average molecular weight is 433 g/mol. The van der Waals surface area contributed by atoms with Crippen molar-refractivity contribution < 1.29 is 10.2 Å². The van der Waals surface area contributed by atoms with Crippen LogP contribution in [0, 0.1) is 64.1 Å². The highest BCUT2D eigenvalue weighted by Gasteiger charge is 2.63. The van der Waals surface area contributed by atoms with Gasteiger partial charge in [0.1, 0.15) is 0 Å². The van der Waals surface area contributed by atoms with Crippen LogP contribution in [0.2, 0.25) is 0 Å². The van der Waals surface area contributed by atoms with E-state index in [1.54, 1.807) is 0 Å². The van der Waals surface area contributed by atoms with Crippen LogP contribution in [0.1, 0.15) is 106 Å². The second kappa shape index (κ2) is 8.61. The van der Waals surface area contributed by atoms with Crippen molar-refractivity contribution in [2.24, 2.45) is 64.1 Å². The Hall–Kier alpha value is -0.0800. The molecule has 0 amide bonds. The summed E-state index contributed by atoms with van der Waals surface area (Å²) in [5.74, 6) is 5.94. The first kappa shape index (κ1) is 24.1. The molecule has 5 unspecified atom stereocenters. The highest BCUT2D eigenvalue weighted by Crippen LogP contribution is 2.69. The van der Waals surface area contributed by atoms with E-state index in [4.69, 9.17) is 0 Å². The topological polar surface area (TPSA) is 40.5 Å². The molecule has 2 heteroatoms. The summed E-state index contributed by atoms with van der Waals surface area (Å²) in [6.07, 6.45) is 10.8. The van der Waals surface area contributed by atoms with Crippen LogP contribution in [-0.2, 0) is 0 Å². The van der Waals surface area contributed by atoms with Crippen LogP contribution < -0.4 is 0 Å². The number of hydrogen-bond donors (Lipinski definition) is 2. The second-order valence-electron chi connectivity index (χ2n) is 13.7. The summed E-state index contributed by atoms with van der Waals surface area (Å²) in [5, 5.41) is 22.0. The molecule has 0 aromatic heterocycles. The summed E-state index contributed by atoms with van der Waals surface area (Å²) in [4.78, 5) is 0. The highest BCUT2D eigenvalue weighted by atomic mass is 16.3. The maximum absolute atomic E-state index is 11.5. The zero-order chi connectivity index (χ0) is 22.7. The van der Waals surface area contributed by atoms with Gasteiger partial charge in [0.05, 0.1) is 12.2 Å². The van der Waals surface area contributed by atoms with Gasteiger partial charge in [-0.05, 0) is 109 Å². The van der Waals surface area contributed by atoms with Crippen LogP contribution in [-0.4, -0.2) is 22.4 Å². The molecule has 4 aliphatic rings. The highest BCUT2D eigenvalue weighted by molar-refractivity contribution is 5.12. The van der Waals surface area contributed by atoms with Crippen molar-refractivity contribution in [2.75, 3.05) is 0 Å². The molecule has 0 saturated heterocycles. The Morgan fingerprint density at radius 3 is 2.10 bits per heavy atom. The van der Waals surface area contributed by atoms with Gasteiger partial charge in [-0.15, -0.1) is 0 Å². The molecule has 4 aliphatic carbocycles. The van der Waals surface area contributed by atoms with Crippen LogP contribution in [0.15, 0.2) is 0 Å². The molecule has 4 rings (SSSR count). The standard InChI is InChI=1S/C29H52O2/c1-17(2)18(3)8-9-19(4)21-10-11-22-27-23(12-14-28(21,22)6)29(7)15-13-25(30)20(5)24(29)16-26(27)31/h17-27,30-31H,8-16H2,1-7H3/t18-,19+,20-,21+,22?,23?,24?,25-,26?,27?,28+,29+/m0/s1. The SMILES string of the molecule is CC(C)[C@@H](C)CC[C@@H](C)[C@H]1CCC2C3C(O)CC4[C@H](C)[C@@H](O)CC[C@]4(C)C3CC[C@@]21C. The molecule has 180 valence electrons. The van der Waals surface area contributed by atoms with Crippen molar-refractivity contribution >= 4 is 0 Å². The predicted molar refractivity (Wildman–Crippen MR) is 130 cm³/mol. The van der Waals surface area contributed by atoms with Gasteiger partial charge in [0.25, 0.3) is 0 Å². The molecule has 4 fully saturated rings. The number of aliphatic hydroxyl groups is 2. The lowest BCUT2D eigenvalue weighted by Crippen LogP contribution is -2.60. The van der Waals surface area contributed by atoms with Gasteiger partial charge in [0, 0.05) is 0 Å². The van der Waals surface area contributed by atoms with E-state index in [9.17, 15) is 10.2 Å². The van der Waals surface area contributed by atoms with E-state index in [1.165, 1.54) is 38.5 Å². The fourth-order valence-corrected chi connectivity index (χ4v) is 9.67. The first-order chi connectivity index (χ1) is 14.5. The van der Waals surface area contributed by atoms with Crippen molar-refractivity contribution in [3.63, 3.8) is 0 Å². The monoisotopic (exact) mass is 432 g/mol. The lowest BCUT2D eigenvalue weighted by molar-refractivity contribution is -0.189. The molecule has 12 atom stereocenters. The van der Waals surface area contributed by atoms with E-state index >= 15 is 0 Å². The third kappa shape index (κ3) is 3.84. The molecule has 0 bridgehead atoms. The fraction of sp³-hybridized carbons (Fsp3) is 1.00. The molecule has 0 aromatic rings. The Kier molecular flexibility index (Phi) is 6.68. The largest absolute Gasteiger partial charge is 0.393 e. The molecule has 2 nitrogen and oxygen atoms in total. The van der Waals surface area contributed by atoms with Gasteiger partial charge in [0.15, 0.2) is 0 Å². The van der Waals surface area contributed by atoms with Crippen LogP contribution in [0.5, 0.6) is 0 Å². The Morgan fingerprint density at radius 1 is 0.774 bits per heavy atom. The molecular weight excluding hydrogens is 380 g/mol. The maximum Gasteiger partial charge on any atom is 0.0577 e. The van der Waals surface area contributed by atoms with Gasteiger partial charge in [-0.3, -0.25) is 0 Å². The van der Waals surface area contributed by atoms with Gasteiger partial charge in [0.2, 0.25) is 0 Å². The average Bonchev–Trinajstić information content (AvgIpc) is 3.07.